The summed E-state index contributed by atoms with van der Waals surface area (Å²) in [6, 6.07) is 19.4. The molecular formula is C26H26FN3O3S2. The molecule has 0 saturated heterocycles. The first-order chi connectivity index (χ1) is 16.7. The van der Waals surface area contributed by atoms with Crippen molar-refractivity contribution in [1.82, 2.24) is 4.98 Å². The average molecular weight is 512 g/mol. The molecule has 35 heavy (non-hydrogen) atoms. The number of hydrogen-bond acceptors (Lipinski definition) is 6. The number of benzene rings is 3. The second-order valence-electron chi connectivity index (χ2n) is 8.11. The second kappa shape index (κ2) is 10.1. The maximum Gasteiger partial charge on any atom is 0.265 e. The van der Waals surface area contributed by atoms with Crippen molar-refractivity contribution in [1.29, 1.82) is 0 Å². The Balaban J connectivity index is 1.67. The highest BCUT2D eigenvalue weighted by atomic mass is 32.2. The monoisotopic (exact) mass is 511 g/mol. The van der Waals surface area contributed by atoms with Gasteiger partial charge in [0.1, 0.15) is 16.5 Å². The van der Waals surface area contributed by atoms with Crippen LogP contribution in [-0.4, -0.2) is 20.5 Å². The van der Waals surface area contributed by atoms with Gasteiger partial charge in [-0.15, -0.1) is 0 Å². The number of aromatic nitrogens is 1. The minimum atomic E-state index is -4.14. The fourth-order valence-electron chi connectivity index (χ4n) is 3.71. The van der Waals surface area contributed by atoms with Crippen LogP contribution in [0, 0.1) is 19.7 Å². The van der Waals surface area contributed by atoms with Gasteiger partial charge >= 0.3 is 0 Å². The molecule has 4 aromatic rings. The number of halogens is 1. The minimum Gasteiger partial charge on any atom is -0.495 e. The van der Waals surface area contributed by atoms with Crippen molar-refractivity contribution < 1.29 is 17.5 Å². The van der Waals surface area contributed by atoms with E-state index in [1.54, 1.807) is 25.1 Å². The number of rotatable bonds is 8. The molecule has 0 aliphatic heterocycles. The van der Waals surface area contributed by atoms with Gasteiger partial charge in [0.05, 0.1) is 29.4 Å². The molecule has 9 heteroatoms. The SMILES string of the molecule is COc1ccc(-c2sc(N[C@@H](C)c3ccccc3)nc2C)cc1S(=O)(=O)Nc1c(C)cccc1F. The van der Waals surface area contributed by atoms with Gasteiger partial charge in [-0.05, 0) is 61.7 Å². The Kier molecular flexibility index (Phi) is 7.09. The molecule has 0 fully saturated rings. The lowest BCUT2D eigenvalue weighted by Crippen LogP contribution is -2.16. The summed E-state index contributed by atoms with van der Waals surface area (Å²) in [6.07, 6.45) is 0. The van der Waals surface area contributed by atoms with Crippen LogP contribution in [0.2, 0.25) is 0 Å². The van der Waals surface area contributed by atoms with Crippen LogP contribution in [0.3, 0.4) is 0 Å². The number of thiazole rings is 1. The number of sulfonamides is 1. The largest absolute Gasteiger partial charge is 0.495 e. The Morgan fingerprint density at radius 3 is 2.46 bits per heavy atom. The fourth-order valence-corrected chi connectivity index (χ4v) is 6.10. The lowest BCUT2D eigenvalue weighted by Gasteiger charge is -2.15. The Bertz CT molecular complexity index is 1430. The Labute approximate surface area is 208 Å². The van der Waals surface area contributed by atoms with Gasteiger partial charge in [-0.3, -0.25) is 4.72 Å². The van der Waals surface area contributed by atoms with Crippen LogP contribution < -0.4 is 14.8 Å². The topological polar surface area (TPSA) is 80.3 Å². The molecule has 0 unspecified atom stereocenters. The molecule has 0 radical (unpaired) electrons. The van der Waals surface area contributed by atoms with E-state index < -0.39 is 15.8 Å². The van der Waals surface area contributed by atoms with Gasteiger partial charge in [-0.25, -0.2) is 17.8 Å². The average Bonchev–Trinajstić information content (AvgIpc) is 3.21. The quantitative estimate of drug-likeness (QED) is 0.280. The Morgan fingerprint density at radius 2 is 1.77 bits per heavy atom. The van der Waals surface area contributed by atoms with Crippen LogP contribution in [0.4, 0.5) is 15.2 Å². The molecule has 0 aliphatic rings. The molecule has 0 spiro atoms. The molecule has 2 N–H and O–H groups in total. The van der Waals surface area contributed by atoms with E-state index >= 15 is 0 Å². The van der Waals surface area contributed by atoms with E-state index in [-0.39, 0.29) is 22.4 Å². The molecule has 1 aromatic heterocycles. The van der Waals surface area contributed by atoms with Gasteiger partial charge in [-0.1, -0.05) is 53.8 Å². The molecule has 4 rings (SSSR count). The normalized spacial score (nSPS) is 12.3. The number of anilines is 2. The maximum absolute atomic E-state index is 14.3. The van der Waals surface area contributed by atoms with E-state index in [2.05, 4.69) is 21.9 Å². The number of nitrogens with one attached hydrogen (secondary N) is 2. The highest BCUT2D eigenvalue weighted by Crippen LogP contribution is 2.38. The molecule has 0 amide bonds. The minimum absolute atomic E-state index is 0.0506. The third-order valence-corrected chi connectivity index (χ3v) is 8.12. The number of para-hydroxylation sites is 1. The van der Waals surface area contributed by atoms with Crippen LogP contribution in [0.5, 0.6) is 5.75 Å². The molecule has 6 nitrogen and oxygen atoms in total. The van der Waals surface area contributed by atoms with Gasteiger partial charge in [-0.2, -0.15) is 0 Å². The highest BCUT2D eigenvalue weighted by molar-refractivity contribution is 7.92. The van der Waals surface area contributed by atoms with E-state index in [9.17, 15) is 12.8 Å². The summed E-state index contributed by atoms with van der Waals surface area (Å²) < 4.78 is 48.6. The van der Waals surface area contributed by atoms with E-state index in [0.29, 0.717) is 11.1 Å². The van der Waals surface area contributed by atoms with Crippen molar-refractivity contribution in [3.05, 3.63) is 89.4 Å². The summed E-state index contributed by atoms with van der Waals surface area (Å²) in [4.78, 5) is 5.38. The van der Waals surface area contributed by atoms with Crippen molar-refractivity contribution in [3.8, 4) is 16.2 Å². The van der Waals surface area contributed by atoms with Crippen LogP contribution in [-0.2, 0) is 10.0 Å². The van der Waals surface area contributed by atoms with Crippen LogP contribution in [0.25, 0.3) is 10.4 Å². The van der Waals surface area contributed by atoms with Crippen LogP contribution >= 0.6 is 11.3 Å². The van der Waals surface area contributed by atoms with Crippen molar-refractivity contribution in [2.45, 2.75) is 31.7 Å². The first kappa shape index (κ1) is 24.7. The summed E-state index contributed by atoms with van der Waals surface area (Å²) in [5, 5.41) is 4.14. The summed E-state index contributed by atoms with van der Waals surface area (Å²) in [6.45, 7) is 5.57. The standard InChI is InChI=1S/C26H26FN3O3S2/c1-16-9-8-12-21(27)24(16)30-35(31,32)23-15-20(13-14-22(23)33-4)25-18(3)29-26(34-25)28-17(2)19-10-6-5-7-11-19/h5-15,17,30H,1-4H3,(H,28,29)/t17-/m0/s1. The van der Waals surface area contributed by atoms with E-state index in [0.717, 1.165) is 21.3 Å². The predicted octanol–water partition coefficient (Wildman–Crippen LogP) is 6.55. The molecule has 0 bridgehead atoms. The third kappa shape index (κ3) is 5.31. The molecule has 0 saturated carbocycles. The van der Waals surface area contributed by atoms with E-state index in [1.165, 1.54) is 36.6 Å². The number of nitrogens with zero attached hydrogens (tertiary/aromatic N) is 1. The van der Waals surface area contributed by atoms with Gasteiger partial charge in [0.25, 0.3) is 10.0 Å². The number of hydrogen-bond donors (Lipinski definition) is 2. The van der Waals surface area contributed by atoms with Gasteiger partial charge in [0.15, 0.2) is 5.13 Å². The molecule has 1 heterocycles. The van der Waals surface area contributed by atoms with Gasteiger partial charge in [0.2, 0.25) is 0 Å². The number of ether oxygens (including phenoxy) is 1. The highest BCUT2D eigenvalue weighted by Gasteiger charge is 2.24. The van der Waals surface area contributed by atoms with Crippen molar-refractivity contribution in [2.75, 3.05) is 17.1 Å². The van der Waals surface area contributed by atoms with Gasteiger partial charge in [0, 0.05) is 0 Å². The smallest absolute Gasteiger partial charge is 0.265 e. The first-order valence-electron chi connectivity index (χ1n) is 10.9. The third-order valence-electron chi connectivity index (χ3n) is 5.61. The number of methoxy groups -OCH3 is 1. The lowest BCUT2D eigenvalue weighted by molar-refractivity contribution is 0.403. The fraction of sp³-hybridized carbons (Fsp3) is 0.192. The number of aryl methyl sites for hydroxylation is 2. The Hall–Kier alpha value is -3.43. The predicted molar refractivity (Wildman–Crippen MR) is 139 cm³/mol. The summed E-state index contributed by atoms with van der Waals surface area (Å²) in [5.74, 6) is -0.487. The summed E-state index contributed by atoms with van der Waals surface area (Å²) in [7, 11) is -2.74. The second-order valence-corrected chi connectivity index (χ2v) is 10.8. The van der Waals surface area contributed by atoms with E-state index in [1.807, 2.05) is 37.3 Å². The zero-order valence-electron chi connectivity index (χ0n) is 19.8. The first-order valence-corrected chi connectivity index (χ1v) is 13.2. The zero-order valence-corrected chi connectivity index (χ0v) is 21.4. The van der Waals surface area contributed by atoms with E-state index in [4.69, 9.17) is 4.74 Å². The molecule has 182 valence electrons. The van der Waals surface area contributed by atoms with Gasteiger partial charge < -0.3 is 10.1 Å². The van der Waals surface area contributed by atoms with Crippen molar-refractivity contribution in [3.63, 3.8) is 0 Å². The van der Waals surface area contributed by atoms with Crippen molar-refractivity contribution in [2.24, 2.45) is 0 Å². The summed E-state index contributed by atoms with van der Waals surface area (Å²) in [5.41, 5.74) is 2.96. The molecular weight excluding hydrogens is 485 g/mol. The lowest BCUT2D eigenvalue weighted by atomic mass is 10.1. The Morgan fingerprint density at radius 1 is 1.03 bits per heavy atom. The van der Waals surface area contributed by atoms with Crippen LogP contribution in [0.1, 0.15) is 29.8 Å². The molecule has 3 aromatic carbocycles. The zero-order chi connectivity index (χ0) is 25.2. The summed E-state index contributed by atoms with van der Waals surface area (Å²) >= 11 is 1.44. The maximum atomic E-state index is 14.3. The molecule has 0 aliphatic carbocycles. The van der Waals surface area contributed by atoms with Crippen LogP contribution in [0.15, 0.2) is 71.6 Å². The van der Waals surface area contributed by atoms with Crippen molar-refractivity contribution >= 4 is 32.2 Å². The molecule has 1 atom stereocenters.